The zero-order chi connectivity index (χ0) is 18.0. The molecule has 0 unspecified atom stereocenters. The topological polar surface area (TPSA) is 58.2 Å². The molecule has 0 bridgehead atoms. The van der Waals surface area contributed by atoms with E-state index in [1.807, 2.05) is 35.7 Å². The summed E-state index contributed by atoms with van der Waals surface area (Å²) in [6.45, 7) is 0. The summed E-state index contributed by atoms with van der Waals surface area (Å²) in [4.78, 5) is 26.1. The molecule has 0 atom stereocenters. The molecule has 2 amide bonds. The third kappa shape index (κ3) is 3.68. The van der Waals surface area contributed by atoms with E-state index in [2.05, 4.69) is 16.7 Å². The number of carbonyl (C=O) groups excluding carboxylic acids is 2. The molecule has 4 nitrogen and oxygen atoms in total. The second kappa shape index (κ2) is 7.23. The first-order valence-corrected chi connectivity index (χ1v) is 10.3. The highest BCUT2D eigenvalue weighted by Gasteiger charge is 2.43. The fraction of sp³-hybridized carbons (Fsp3) is 0.429. The summed E-state index contributed by atoms with van der Waals surface area (Å²) >= 11 is 1.67. The van der Waals surface area contributed by atoms with Crippen molar-refractivity contribution >= 4 is 28.8 Å². The van der Waals surface area contributed by atoms with Crippen LogP contribution in [0.4, 0.5) is 5.69 Å². The molecule has 2 saturated carbocycles. The number of thiophene rings is 1. The molecule has 2 fully saturated rings. The molecule has 136 valence electrons. The van der Waals surface area contributed by atoms with E-state index in [4.69, 9.17) is 0 Å². The number of amides is 2. The van der Waals surface area contributed by atoms with Gasteiger partial charge in [0.2, 0.25) is 11.8 Å². The van der Waals surface area contributed by atoms with Crippen LogP contribution < -0.4 is 10.6 Å². The van der Waals surface area contributed by atoms with Crippen LogP contribution in [0.3, 0.4) is 0 Å². The molecule has 26 heavy (non-hydrogen) atoms. The minimum Gasteiger partial charge on any atom is -0.353 e. The lowest BCUT2D eigenvalue weighted by molar-refractivity contribution is -0.121. The molecule has 1 aromatic heterocycles. The van der Waals surface area contributed by atoms with Crippen molar-refractivity contribution in [2.24, 2.45) is 0 Å². The number of hydrogen-bond acceptors (Lipinski definition) is 3. The number of rotatable bonds is 6. The highest BCUT2D eigenvalue weighted by molar-refractivity contribution is 7.10. The Kier molecular flexibility index (Phi) is 4.81. The number of anilines is 1. The Morgan fingerprint density at radius 1 is 1.08 bits per heavy atom. The lowest BCUT2D eigenvalue weighted by Crippen LogP contribution is -2.37. The van der Waals surface area contributed by atoms with Crippen LogP contribution in [-0.4, -0.2) is 17.9 Å². The van der Waals surface area contributed by atoms with Crippen LogP contribution in [0.15, 0.2) is 41.8 Å². The first kappa shape index (κ1) is 17.3. The van der Waals surface area contributed by atoms with Crippen LogP contribution in [-0.2, 0) is 21.4 Å². The quantitative estimate of drug-likeness (QED) is 0.809. The first-order valence-electron chi connectivity index (χ1n) is 9.39. The average Bonchev–Trinajstić information content (AvgIpc) is 3.11. The van der Waals surface area contributed by atoms with Gasteiger partial charge in [0.25, 0.3) is 0 Å². The van der Waals surface area contributed by atoms with Gasteiger partial charge in [-0.15, -0.1) is 11.3 Å². The minimum atomic E-state index is -0.378. The van der Waals surface area contributed by atoms with Gasteiger partial charge in [-0.05, 0) is 54.8 Å². The van der Waals surface area contributed by atoms with Gasteiger partial charge in [0.15, 0.2) is 0 Å². The Bertz CT molecular complexity index is 773. The van der Waals surface area contributed by atoms with Gasteiger partial charge in [0, 0.05) is 16.6 Å². The predicted molar refractivity (Wildman–Crippen MR) is 104 cm³/mol. The molecule has 0 saturated heterocycles. The molecule has 0 aliphatic heterocycles. The number of hydrogen-bond donors (Lipinski definition) is 2. The molecular weight excluding hydrogens is 344 g/mol. The molecule has 2 aliphatic carbocycles. The summed E-state index contributed by atoms with van der Waals surface area (Å²) in [7, 11) is 0. The molecule has 1 aromatic carbocycles. The maximum absolute atomic E-state index is 13.1. The third-order valence-electron chi connectivity index (χ3n) is 5.40. The van der Waals surface area contributed by atoms with E-state index < -0.39 is 0 Å². The summed E-state index contributed by atoms with van der Waals surface area (Å²) in [6, 6.07) is 12.1. The number of benzene rings is 1. The van der Waals surface area contributed by atoms with Crippen molar-refractivity contribution in [2.75, 3.05) is 5.32 Å². The standard InChI is InChI=1S/C21H24N2O2S/c24-19(22-16-9-10-16)14-15-5-7-17(8-6-15)23-20(25)21(11-1-2-12-21)18-4-3-13-26-18/h3-8,13,16H,1-2,9-12,14H2,(H,22,24)(H,23,25). The fourth-order valence-electron chi connectivity index (χ4n) is 3.76. The average molecular weight is 369 g/mol. The van der Waals surface area contributed by atoms with Gasteiger partial charge in [0.05, 0.1) is 11.8 Å². The van der Waals surface area contributed by atoms with Crippen molar-refractivity contribution in [3.63, 3.8) is 0 Å². The van der Waals surface area contributed by atoms with Gasteiger partial charge >= 0.3 is 0 Å². The second-order valence-corrected chi connectivity index (χ2v) is 8.38. The number of carbonyl (C=O) groups is 2. The normalized spacial score (nSPS) is 18.5. The molecular formula is C21H24N2O2S. The highest BCUT2D eigenvalue weighted by atomic mass is 32.1. The van der Waals surface area contributed by atoms with E-state index >= 15 is 0 Å². The molecule has 0 spiro atoms. The van der Waals surface area contributed by atoms with Gasteiger partial charge in [-0.3, -0.25) is 9.59 Å². The van der Waals surface area contributed by atoms with Crippen LogP contribution in [0.2, 0.25) is 0 Å². The van der Waals surface area contributed by atoms with Crippen LogP contribution >= 0.6 is 11.3 Å². The molecule has 2 aliphatic rings. The van der Waals surface area contributed by atoms with Gasteiger partial charge in [-0.2, -0.15) is 0 Å². The summed E-state index contributed by atoms with van der Waals surface area (Å²) in [5, 5.41) is 8.15. The maximum Gasteiger partial charge on any atom is 0.235 e. The maximum atomic E-state index is 13.1. The summed E-state index contributed by atoms with van der Waals surface area (Å²) in [6.07, 6.45) is 6.62. The SMILES string of the molecule is O=C(Cc1ccc(NC(=O)C2(c3cccs3)CCCC2)cc1)NC1CC1. The largest absolute Gasteiger partial charge is 0.353 e. The van der Waals surface area contributed by atoms with Crippen molar-refractivity contribution < 1.29 is 9.59 Å². The molecule has 2 aromatic rings. The lowest BCUT2D eigenvalue weighted by Gasteiger charge is -2.26. The fourth-order valence-corrected chi connectivity index (χ4v) is 4.75. The zero-order valence-corrected chi connectivity index (χ0v) is 15.6. The Morgan fingerprint density at radius 2 is 1.81 bits per heavy atom. The van der Waals surface area contributed by atoms with Crippen molar-refractivity contribution in [1.82, 2.24) is 5.32 Å². The summed E-state index contributed by atoms with van der Waals surface area (Å²) in [5.41, 5.74) is 1.39. The second-order valence-electron chi connectivity index (χ2n) is 7.44. The smallest absolute Gasteiger partial charge is 0.235 e. The monoisotopic (exact) mass is 368 g/mol. The molecule has 1 heterocycles. The number of nitrogens with one attached hydrogen (secondary N) is 2. The minimum absolute atomic E-state index is 0.0758. The summed E-state index contributed by atoms with van der Waals surface area (Å²) < 4.78 is 0. The van der Waals surface area contributed by atoms with Crippen molar-refractivity contribution in [3.05, 3.63) is 52.2 Å². The molecule has 5 heteroatoms. The Hall–Kier alpha value is -2.14. The van der Waals surface area contributed by atoms with E-state index in [9.17, 15) is 9.59 Å². The Labute approximate surface area is 158 Å². The van der Waals surface area contributed by atoms with Gasteiger partial charge in [-0.1, -0.05) is 31.0 Å². The van der Waals surface area contributed by atoms with Gasteiger partial charge in [-0.25, -0.2) is 0 Å². The third-order valence-corrected chi connectivity index (χ3v) is 6.48. The van der Waals surface area contributed by atoms with Crippen LogP contribution in [0.1, 0.15) is 49.0 Å². The molecule has 4 rings (SSSR count). The van der Waals surface area contributed by atoms with Gasteiger partial charge < -0.3 is 10.6 Å². The predicted octanol–water partition coefficient (Wildman–Crippen LogP) is 4.02. The Balaban J connectivity index is 1.41. The summed E-state index contributed by atoms with van der Waals surface area (Å²) in [5.74, 6) is 0.170. The van der Waals surface area contributed by atoms with Crippen molar-refractivity contribution in [1.29, 1.82) is 0 Å². The first-order chi connectivity index (χ1) is 12.7. The molecule has 2 N–H and O–H groups in total. The zero-order valence-electron chi connectivity index (χ0n) is 14.8. The van der Waals surface area contributed by atoms with Gasteiger partial charge in [0.1, 0.15) is 0 Å². The Morgan fingerprint density at radius 3 is 2.42 bits per heavy atom. The van der Waals surface area contributed by atoms with Crippen molar-refractivity contribution in [2.45, 2.75) is 56.4 Å². The lowest BCUT2D eigenvalue weighted by atomic mass is 9.83. The van der Waals surface area contributed by atoms with Crippen LogP contribution in [0, 0.1) is 0 Å². The molecule has 0 radical (unpaired) electrons. The van der Waals surface area contributed by atoms with E-state index in [1.165, 1.54) is 4.88 Å². The van der Waals surface area contributed by atoms with Crippen LogP contribution in [0.25, 0.3) is 0 Å². The van der Waals surface area contributed by atoms with E-state index in [-0.39, 0.29) is 17.2 Å². The van der Waals surface area contributed by atoms with Crippen molar-refractivity contribution in [3.8, 4) is 0 Å². The van der Waals surface area contributed by atoms with E-state index in [1.54, 1.807) is 11.3 Å². The van der Waals surface area contributed by atoms with E-state index in [0.717, 1.165) is 49.8 Å². The van der Waals surface area contributed by atoms with Crippen LogP contribution in [0.5, 0.6) is 0 Å². The van der Waals surface area contributed by atoms with E-state index in [0.29, 0.717) is 12.5 Å². The highest BCUT2D eigenvalue weighted by Crippen LogP contribution is 2.43.